The van der Waals surface area contributed by atoms with Crippen LogP contribution in [0.25, 0.3) is 6.08 Å². The van der Waals surface area contributed by atoms with E-state index in [9.17, 15) is 0 Å². The largest absolute Gasteiger partial charge is 0.0839 e. The fourth-order valence-electron chi connectivity index (χ4n) is 5.52. The van der Waals surface area contributed by atoms with E-state index in [2.05, 4.69) is 86.4 Å². The minimum atomic E-state index is 0.940. The highest BCUT2D eigenvalue weighted by molar-refractivity contribution is 5.52. The number of benzene rings is 2. The number of hydrogen-bond acceptors (Lipinski definition) is 0. The molecule has 0 heteroatoms. The van der Waals surface area contributed by atoms with Gasteiger partial charge in [0.15, 0.2) is 0 Å². The Hall–Kier alpha value is -2.26. The van der Waals surface area contributed by atoms with Gasteiger partial charge < -0.3 is 0 Å². The van der Waals surface area contributed by atoms with Crippen molar-refractivity contribution in [3.8, 4) is 11.8 Å². The van der Waals surface area contributed by atoms with E-state index in [-0.39, 0.29) is 0 Å². The molecule has 0 amide bonds. The lowest BCUT2D eigenvalue weighted by atomic mass is 9.77. The Kier molecular flexibility index (Phi) is 13.6. The molecule has 3 rings (SSSR count). The molecule has 0 bridgehead atoms. The van der Waals surface area contributed by atoms with Gasteiger partial charge in [0.25, 0.3) is 0 Å². The second kappa shape index (κ2) is 17.2. The van der Waals surface area contributed by atoms with E-state index in [1.807, 2.05) is 0 Å². The van der Waals surface area contributed by atoms with Crippen LogP contribution in [0.15, 0.2) is 54.6 Å². The quantitative estimate of drug-likeness (QED) is 0.185. The summed E-state index contributed by atoms with van der Waals surface area (Å²) in [5.74, 6) is 8.63. The van der Waals surface area contributed by atoms with Crippen molar-refractivity contribution in [2.45, 2.75) is 117 Å². The van der Waals surface area contributed by atoms with Crippen molar-refractivity contribution < 1.29 is 0 Å². The van der Waals surface area contributed by atoms with E-state index >= 15 is 0 Å². The molecule has 2 aromatic rings. The van der Waals surface area contributed by atoms with Crippen LogP contribution in [0.1, 0.15) is 132 Å². The maximum atomic E-state index is 3.34. The molecule has 1 saturated carbocycles. The van der Waals surface area contributed by atoms with Gasteiger partial charge in [-0.3, -0.25) is 0 Å². The summed E-state index contributed by atoms with van der Waals surface area (Å²) >= 11 is 0. The van der Waals surface area contributed by atoms with Crippen LogP contribution >= 0.6 is 0 Å². The van der Waals surface area contributed by atoms with E-state index in [0.717, 1.165) is 23.0 Å². The molecule has 0 radical (unpaired) electrons. The number of unbranched alkanes of at least 4 members (excludes halogenated alkanes) is 7. The van der Waals surface area contributed by atoms with Crippen molar-refractivity contribution >= 4 is 6.08 Å². The monoisotopic (exact) mass is 482 g/mol. The highest BCUT2D eigenvalue weighted by Crippen LogP contribution is 2.34. The Bertz CT molecular complexity index is 911. The molecule has 0 atom stereocenters. The van der Waals surface area contributed by atoms with Crippen molar-refractivity contribution in [3.05, 3.63) is 76.9 Å². The van der Waals surface area contributed by atoms with Crippen molar-refractivity contribution in [1.29, 1.82) is 0 Å². The van der Waals surface area contributed by atoms with Crippen LogP contribution in [0.5, 0.6) is 0 Å². The molecule has 0 unspecified atom stereocenters. The van der Waals surface area contributed by atoms with Gasteiger partial charge in [-0.2, -0.15) is 0 Å². The van der Waals surface area contributed by atoms with Crippen LogP contribution < -0.4 is 0 Å². The Balaban J connectivity index is 1.35. The number of rotatable bonds is 14. The van der Waals surface area contributed by atoms with Gasteiger partial charge in [0.05, 0.1) is 0 Å². The van der Waals surface area contributed by atoms with Crippen LogP contribution in [0.3, 0.4) is 0 Å². The Morgan fingerprint density at radius 2 is 1.19 bits per heavy atom. The molecule has 0 spiro atoms. The zero-order chi connectivity index (χ0) is 25.3. The first-order chi connectivity index (χ1) is 17.8. The van der Waals surface area contributed by atoms with E-state index in [1.165, 1.54) is 114 Å². The van der Waals surface area contributed by atoms with Crippen LogP contribution in [0.2, 0.25) is 0 Å². The molecule has 2 aromatic carbocycles. The van der Waals surface area contributed by atoms with Gasteiger partial charge in [-0.1, -0.05) is 139 Å². The molecule has 36 heavy (non-hydrogen) atoms. The summed E-state index contributed by atoms with van der Waals surface area (Å²) in [5, 5.41) is 0. The van der Waals surface area contributed by atoms with Gasteiger partial charge in [-0.15, -0.1) is 0 Å². The van der Waals surface area contributed by atoms with Crippen LogP contribution in [0.4, 0.5) is 0 Å². The highest BCUT2D eigenvalue weighted by atomic mass is 14.3. The minimum Gasteiger partial charge on any atom is -0.0839 e. The average Bonchev–Trinajstić information content (AvgIpc) is 2.92. The van der Waals surface area contributed by atoms with Gasteiger partial charge in [0.2, 0.25) is 0 Å². The lowest BCUT2D eigenvalue weighted by Crippen LogP contribution is -2.15. The average molecular weight is 483 g/mol. The second-order valence-corrected chi connectivity index (χ2v) is 11.1. The van der Waals surface area contributed by atoms with Gasteiger partial charge in [-0.05, 0) is 72.9 Å². The summed E-state index contributed by atoms with van der Waals surface area (Å²) < 4.78 is 0. The zero-order valence-corrected chi connectivity index (χ0v) is 23.2. The predicted octanol–water partition coefficient (Wildman–Crippen LogP) is 10.8. The fraction of sp³-hybridized carbons (Fsp3) is 0.556. The molecule has 194 valence electrons. The van der Waals surface area contributed by atoms with Crippen molar-refractivity contribution in [2.75, 3.05) is 0 Å². The summed E-state index contributed by atoms with van der Waals surface area (Å²) in [6.07, 6.45) is 26.6. The van der Waals surface area contributed by atoms with E-state index in [4.69, 9.17) is 0 Å². The van der Waals surface area contributed by atoms with Gasteiger partial charge in [0.1, 0.15) is 0 Å². The Labute approximate surface area is 223 Å². The van der Waals surface area contributed by atoms with Gasteiger partial charge >= 0.3 is 0 Å². The zero-order valence-electron chi connectivity index (χ0n) is 23.2. The molecular weight excluding hydrogens is 432 g/mol. The molecule has 0 heterocycles. The highest BCUT2D eigenvalue weighted by Gasteiger charge is 2.20. The minimum absolute atomic E-state index is 0.940. The number of hydrogen-bond donors (Lipinski definition) is 0. The summed E-state index contributed by atoms with van der Waals surface area (Å²) in [7, 11) is 0. The molecule has 0 saturated heterocycles. The van der Waals surface area contributed by atoms with Crippen LogP contribution in [-0.4, -0.2) is 0 Å². The van der Waals surface area contributed by atoms with E-state index < -0.39 is 0 Å². The molecular formula is C36H50. The standard InChI is InChI=1S/C36H50/c1-3-5-7-9-11-13-31-15-19-33(20-16-31)23-25-35-27-29-36(30-28-35)26-24-34-21-17-32(18-22-34)14-12-10-8-6-4-2/h11,13,15-16,19-20,27-30,32,34H,3-10,12,14,17-18,21-22,24,26H2,1-2H3/b13-11+. The smallest absolute Gasteiger partial charge is 0.0249 e. The number of allylic oxidation sites excluding steroid dienone is 1. The predicted molar refractivity (Wildman–Crippen MR) is 159 cm³/mol. The molecule has 1 aliphatic rings. The van der Waals surface area contributed by atoms with E-state index in [0.29, 0.717) is 0 Å². The SMILES string of the molecule is CCCCC/C=C/c1ccc(C#Cc2ccc(CCC3CCC(CCCCCCC)CC3)cc2)cc1. The third-order valence-corrected chi connectivity index (χ3v) is 8.02. The van der Waals surface area contributed by atoms with Gasteiger partial charge in [0, 0.05) is 11.1 Å². The summed E-state index contributed by atoms with van der Waals surface area (Å²) in [6.45, 7) is 4.56. The molecule has 0 nitrogen and oxygen atoms in total. The number of aryl methyl sites for hydroxylation is 1. The maximum Gasteiger partial charge on any atom is 0.0249 e. The van der Waals surface area contributed by atoms with Gasteiger partial charge in [-0.25, -0.2) is 0 Å². The first kappa shape index (κ1) is 28.3. The fourth-order valence-corrected chi connectivity index (χ4v) is 5.52. The second-order valence-electron chi connectivity index (χ2n) is 11.1. The van der Waals surface area contributed by atoms with Crippen LogP contribution in [0, 0.1) is 23.7 Å². The molecule has 0 aromatic heterocycles. The third kappa shape index (κ3) is 11.2. The van der Waals surface area contributed by atoms with E-state index in [1.54, 1.807) is 0 Å². The topological polar surface area (TPSA) is 0 Å². The first-order valence-corrected chi connectivity index (χ1v) is 15.1. The third-order valence-electron chi connectivity index (χ3n) is 8.02. The van der Waals surface area contributed by atoms with Crippen molar-refractivity contribution in [3.63, 3.8) is 0 Å². The maximum absolute atomic E-state index is 3.34. The first-order valence-electron chi connectivity index (χ1n) is 15.1. The molecule has 1 aliphatic carbocycles. The Morgan fingerprint density at radius 1 is 0.639 bits per heavy atom. The summed E-state index contributed by atoms with van der Waals surface area (Å²) in [4.78, 5) is 0. The lowest BCUT2D eigenvalue weighted by molar-refractivity contribution is 0.248. The molecule has 1 fully saturated rings. The lowest BCUT2D eigenvalue weighted by Gasteiger charge is -2.28. The molecule has 0 N–H and O–H groups in total. The van der Waals surface area contributed by atoms with Crippen molar-refractivity contribution in [2.24, 2.45) is 11.8 Å². The molecule has 0 aliphatic heterocycles. The summed E-state index contributed by atoms with van der Waals surface area (Å²) in [5.41, 5.74) is 4.92. The Morgan fingerprint density at radius 3 is 1.83 bits per heavy atom. The summed E-state index contributed by atoms with van der Waals surface area (Å²) in [6, 6.07) is 17.6. The van der Waals surface area contributed by atoms with Crippen LogP contribution in [-0.2, 0) is 6.42 Å². The van der Waals surface area contributed by atoms with Crippen molar-refractivity contribution in [1.82, 2.24) is 0 Å². The normalized spacial score (nSPS) is 17.7.